The van der Waals surface area contributed by atoms with Gasteiger partial charge in [-0.25, -0.2) is 4.79 Å². The van der Waals surface area contributed by atoms with E-state index >= 15 is 0 Å². The molecule has 1 aromatic carbocycles. The van der Waals surface area contributed by atoms with Gasteiger partial charge in [-0.15, -0.1) is 0 Å². The lowest BCUT2D eigenvalue weighted by molar-refractivity contribution is 0.163. The quantitative estimate of drug-likeness (QED) is 0.735. The summed E-state index contributed by atoms with van der Waals surface area (Å²) in [4.78, 5) is 9.60. The van der Waals surface area contributed by atoms with Gasteiger partial charge in [0.25, 0.3) is 0 Å². The van der Waals surface area contributed by atoms with Crippen LogP contribution in [0.5, 0.6) is 0 Å². The number of carbonyl (C=O) groups excluding carboxylic acids is 1. The largest absolute Gasteiger partial charge is 0.450 e. The lowest BCUT2D eigenvalue weighted by Crippen LogP contribution is -2.11. The molecule has 1 rings (SSSR count). The minimum atomic E-state index is -0.711. The highest BCUT2D eigenvalue weighted by Crippen LogP contribution is 1.93. The van der Waals surface area contributed by atoms with Crippen molar-refractivity contribution in [2.45, 2.75) is 6.92 Å². The molecule has 0 radical (unpaired) electrons. The summed E-state index contributed by atoms with van der Waals surface area (Å²) in [5.74, 6) is 0. The Hall–Kier alpha value is -2.02. The van der Waals surface area contributed by atoms with E-state index in [2.05, 4.69) is 10.5 Å². The Morgan fingerprint density at radius 3 is 2.29 bits per heavy atom. The number of benzene rings is 1. The average molecular weight is 192 g/mol. The van der Waals surface area contributed by atoms with Gasteiger partial charge in [0.2, 0.25) is 0 Å². The summed E-state index contributed by atoms with van der Waals surface area (Å²) in [5.41, 5.74) is 5.26. The molecule has 0 spiro atoms. The number of amides is 1. The lowest BCUT2D eigenvalue weighted by Gasteiger charge is -1.89. The predicted octanol–water partition coefficient (Wildman–Crippen LogP) is 1.66. The number of hydrogen-bond acceptors (Lipinski definition) is 3. The van der Waals surface area contributed by atoms with E-state index in [0.29, 0.717) is 12.2 Å². The fourth-order valence-electron chi connectivity index (χ4n) is 0.655. The van der Waals surface area contributed by atoms with Crippen molar-refractivity contribution < 1.29 is 9.53 Å². The molecule has 2 N–H and O–H groups in total. The number of primary amides is 1. The van der Waals surface area contributed by atoms with Crippen LogP contribution in [0.1, 0.15) is 12.5 Å². The smallest absolute Gasteiger partial charge is 0.404 e. The van der Waals surface area contributed by atoms with Crippen molar-refractivity contribution in [3.63, 3.8) is 0 Å². The third kappa shape index (κ3) is 6.68. The maximum Gasteiger partial charge on any atom is 0.404 e. The molecular weight excluding hydrogens is 180 g/mol. The molecule has 0 heterocycles. The second-order valence-corrected chi connectivity index (χ2v) is 2.23. The second-order valence-electron chi connectivity index (χ2n) is 2.23. The van der Waals surface area contributed by atoms with Gasteiger partial charge < -0.3 is 10.5 Å². The van der Waals surface area contributed by atoms with Gasteiger partial charge in [0.05, 0.1) is 18.2 Å². The molecule has 0 bridgehead atoms. The van der Waals surface area contributed by atoms with Crippen LogP contribution in [0.15, 0.2) is 30.3 Å². The predicted molar refractivity (Wildman–Crippen MR) is 52.4 cm³/mol. The molecule has 1 amide bonds. The summed E-state index contributed by atoms with van der Waals surface area (Å²) in [7, 11) is 0. The first-order chi connectivity index (χ1) is 6.70. The number of nitrogens with two attached hydrogens (primary N) is 1. The summed E-state index contributed by atoms with van der Waals surface area (Å²) in [5, 5.41) is 8.29. The van der Waals surface area contributed by atoms with Crippen LogP contribution in [0.2, 0.25) is 0 Å². The fraction of sp³-hybridized carbons (Fsp3) is 0.200. The summed E-state index contributed by atoms with van der Waals surface area (Å²) in [6.07, 6.45) is -0.711. The molecule has 0 fully saturated rings. The topological polar surface area (TPSA) is 76.1 Å². The molecule has 0 unspecified atom stereocenters. The van der Waals surface area contributed by atoms with Crippen LogP contribution in [-0.2, 0) is 4.74 Å². The van der Waals surface area contributed by atoms with E-state index < -0.39 is 6.09 Å². The highest BCUT2D eigenvalue weighted by atomic mass is 16.5. The number of rotatable bonds is 1. The Morgan fingerprint density at radius 1 is 1.50 bits per heavy atom. The first kappa shape index (κ1) is 12.0. The maximum atomic E-state index is 9.60. The van der Waals surface area contributed by atoms with E-state index in [1.165, 1.54) is 0 Å². The van der Waals surface area contributed by atoms with Crippen LogP contribution < -0.4 is 5.73 Å². The third-order valence-electron chi connectivity index (χ3n) is 1.19. The molecule has 0 atom stereocenters. The fourth-order valence-corrected chi connectivity index (χ4v) is 0.655. The van der Waals surface area contributed by atoms with Crippen molar-refractivity contribution >= 4 is 6.09 Å². The third-order valence-corrected chi connectivity index (χ3v) is 1.19. The van der Waals surface area contributed by atoms with Gasteiger partial charge >= 0.3 is 6.09 Å². The molecule has 0 aliphatic heterocycles. The highest BCUT2D eigenvalue weighted by Gasteiger charge is 1.82. The standard InChI is InChI=1S/C7H5N.C3H7NO2/c8-6-7-4-2-1-3-5-7;1-2-6-3(4)5/h1-5H;2H2,1H3,(H2,4,5). The van der Waals surface area contributed by atoms with Gasteiger partial charge in [0.1, 0.15) is 0 Å². The SMILES string of the molecule is CCOC(N)=O.N#Cc1ccccc1. The van der Waals surface area contributed by atoms with Gasteiger partial charge in [-0.1, -0.05) is 18.2 Å². The maximum absolute atomic E-state index is 9.60. The van der Waals surface area contributed by atoms with Crippen molar-refractivity contribution in [2.24, 2.45) is 5.73 Å². The Labute approximate surface area is 82.9 Å². The van der Waals surface area contributed by atoms with Gasteiger partial charge in [0.15, 0.2) is 0 Å². The Kier molecular flexibility index (Phi) is 6.52. The molecule has 0 saturated heterocycles. The minimum Gasteiger partial charge on any atom is -0.450 e. The molecule has 0 saturated carbocycles. The molecule has 0 aromatic heterocycles. The Balaban J connectivity index is 0.000000255. The molecule has 4 nitrogen and oxygen atoms in total. The number of hydrogen-bond donors (Lipinski definition) is 1. The van der Waals surface area contributed by atoms with Crippen LogP contribution in [0.4, 0.5) is 4.79 Å². The van der Waals surface area contributed by atoms with Crippen LogP contribution in [0.25, 0.3) is 0 Å². The minimum absolute atomic E-state index is 0.356. The van der Waals surface area contributed by atoms with Crippen molar-refractivity contribution in [1.82, 2.24) is 0 Å². The molecular formula is C10H12N2O2. The zero-order valence-electron chi connectivity index (χ0n) is 7.93. The number of nitriles is 1. The second kappa shape index (κ2) is 7.62. The average Bonchev–Trinajstić information content (AvgIpc) is 2.20. The molecule has 14 heavy (non-hydrogen) atoms. The van der Waals surface area contributed by atoms with Crippen LogP contribution in [0.3, 0.4) is 0 Å². The van der Waals surface area contributed by atoms with E-state index in [9.17, 15) is 4.79 Å². The molecule has 0 aliphatic carbocycles. The zero-order chi connectivity index (χ0) is 10.8. The first-order valence-electron chi connectivity index (χ1n) is 4.08. The number of ether oxygens (including phenoxy) is 1. The Bertz CT molecular complexity index is 304. The van der Waals surface area contributed by atoms with Gasteiger partial charge in [-0.2, -0.15) is 5.26 Å². The van der Waals surface area contributed by atoms with E-state index in [1.807, 2.05) is 24.3 Å². The van der Waals surface area contributed by atoms with Gasteiger partial charge in [0, 0.05) is 0 Å². The lowest BCUT2D eigenvalue weighted by atomic mass is 10.2. The van der Waals surface area contributed by atoms with Crippen molar-refractivity contribution in [2.75, 3.05) is 6.61 Å². The normalized spacial score (nSPS) is 7.71. The summed E-state index contributed by atoms with van der Waals surface area (Å²) in [6, 6.07) is 11.2. The van der Waals surface area contributed by atoms with Crippen molar-refractivity contribution in [3.05, 3.63) is 35.9 Å². The molecule has 4 heteroatoms. The monoisotopic (exact) mass is 192 g/mol. The molecule has 0 aliphatic rings. The number of carbonyl (C=O) groups is 1. The first-order valence-corrected chi connectivity index (χ1v) is 4.08. The van der Waals surface area contributed by atoms with Crippen LogP contribution in [0, 0.1) is 11.3 Å². The number of nitrogens with zero attached hydrogens (tertiary/aromatic N) is 1. The summed E-state index contributed by atoms with van der Waals surface area (Å²) in [6.45, 7) is 2.06. The van der Waals surface area contributed by atoms with Gasteiger partial charge in [-0.3, -0.25) is 0 Å². The van der Waals surface area contributed by atoms with Crippen molar-refractivity contribution in [1.29, 1.82) is 5.26 Å². The van der Waals surface area contributed by atoms with Crippen molar-refractivity contribution in [3.8, 4) is 6.07 Å². The van der Waals surface area contributed by atoms with E-state index in [4.69, 9.17) is 5.26 Å². The summed E-state index contributed by atoms with van der Waals surface area (Å²) < 4.78 is 4.18. The van der Waals surface area contributed by atoms with E-state index in [1.54, 1.807) is 19.1 Å². The van der Waals surface area contributed by atoms with E-state index in [-0.39, 0.29) is 0 Å². The zero-order valence-corrected chi connectivity index (χ0v) is 7.93. The highest BCUT2D eigenvalue weighted by molar-refractivity contribution is 5.64. The molecule has 74 valence electrons. The van der Waals surface area contributed by atoms with Crippen LogP contribution in [-0.4, -0.2) is 12.7 Å². The Morgan fingerprint density at radius 2 is 2.07 bits per heavy atom. The van der Waals surface area contributed by atoms with Crippen LogP contribution >= 0.6 is 0 Å². The van der Waals surface area contributed by atoms with Gasteiger partial charge in [-0.05, 0) is 19.1 Å². The summed E-state index contributed by atoms with van der Waals surface area (Å²) >= 11 is 0. The molecule has 1 aromatic rings. The van der Waals surface area contributed by atoms with E-state index in [0.717, 1.165) is 0 Å².